The predicted molar refractivity (Wildman–Crippen MR) is 63.3 cm³/mol. The molecule has 0 saturated carbocycles. The lowest BCUT2D eigenvalue weighted by Gasteiger charge is -2.34. The Morgan fingerprint density at radius 1 is 1.50 bits per heavy atom. The first kappa shape index (κ1) is 14.7. The van der Waals surface area contributed by atoms with E-state index < -0.39 is 12.1 Å². The van der Waals surface area contributed by atoms with E-state index in [1.54, 1.807) is 4.90 Å². The molecule has 1 unspecified atom stereocenters. The first-order valence-corrected chi connectivity index (χ1v) is 6.09. The SMILES string of the molecule is CCN(CCCO)C(=O)N1CCOC(C(=O)O)C1. The third-order valence-electron chi connectivity index (χ3n) is 2.85. The maximum atomic E-state index is 12.1. The molecule has 1 aliphatic rings. The summed E-state index contributed by atoms with van der Waals surface area (Å²) in [5.74, 6) is -1.05. The average molecular weight is 260 g/mol. The molecule has 7 nitrogen and oxygen atoms in total. The molecule has 0 aromatic carbocycles. The smallest absolute Gasteiger partial charge is 0.334 e. The van der Waals surface area contributed by atoms with Crippen molar-refractivity contribution in [2.24, 2.45) is 0 Å². The maximum absolute atomic E-state index is 12.1. The number of carboxylic acid groups (broad SMARTS) is 1. The van der Waals surface area contributed by atoms with E-state index >= 15 is 0 Å². The van der Waals surface area contributed by atoms with Crippen LogP contribution in [0.1, 0.15) is 13.3 Å². The number of aliphatic carboxylic acids is 1. The molecule has 1 saturated heterocycles. The summed E-state index contributed by atoms with van der Waals surface area (Å²) >= 11 is 0. The summed E-state index contributed by atoms with van der Waals surface area (Å²) in [7, 11) is 0. The fourth-order valence-corrected chi connectivity index (χ4v) is 1.82. The highest BCUT2D eigenvalue weighted by molar-refractivity contribution is 5.77. The van der Waals surface area contributed by atoms with Crippen molar-refractivity contribution in [3.05, 3.63) is 0 Å². The van der Waals surface area contributed by atoms with Crippen LogP contribution in [0.25, 0.3) is 0 Å². The first-order valence-electron chi connectivity index (χ1n) is 6.09. The number of nitrogens with zero attached hydrogens (tertiary/aromatic N) is 2. The minimum atomic E-state index is -1.05. The molecule has 0 bridgehead atoms. The third kappa shape index (κ3) is 3.85. The number of rotatable bonds is 5. The summed E-state index contributed by atoms with van der Waals surface area (Å²) in [6.07, 6.45) is -0.425. The van der Waals surface area contributed by atoms with Crippen LogP contribution in [0.5, 0.6) is 0 Å². The highest BCUT2D eigenvalue weighted by atomic mass is 16.5. The molecule has 2 amide bonds. The Bertz CT molecular complexity index is 297. The zero-order valence-corrected chi connectivity index (χ0v) is 10.5. The van der Waals surface area contributed by atoms with Crippen LogP contribution in [0, 0.1) is 0 Å². The van der Waals surface area contributed by atoms with E-state index in [2.05, 4.69) is 0 Å². The van der Waals surface area contributed by atoms with Gasteiger partial charge in [0.2, 0.25) is 0 Å². The van der Waals surface area contributed by atoms with Crippen molar-refractivity contribution in [3.8, 4) is 0 Å². The zero-order valence-electron chi connectivity index (χ0n) is 10.5. The number of morpholine rings is 1. The van der Waals surface area contributed by atoms with Crippen molar-refractivity contribution < 1.29 is 24.5 Å². The molecule has 1 heterocycles. The maximum Gasteiger partial charge on any atom is 0.334 e. The number of aliphatic hydroxyl groups is 1. The number of urea groups is 1. The van der Waals surface area contributed by atoms with Crippen LogP contribution >= 0.6 is 0 Å². The number of ether oxygens (including phenoxy) is 1. The molecular formula is C11H20N2O5. The van der Waals surface area contributed by atoms with Crippen molar-refractivity contribution >= 4 is 12.0 Å². The number of carbonyl (C=O) groups is 2. The molecular weight excluding hydrogens is 240 g/mol. The third-order valence-corrected chi connectivity index (χ3v) is 2.85. The minimum Gasteiger partial charge on any atom is -0.479 e. The van der Waals surface area contributed by atoms with Gasteiger partial charge in [0.25, 0.3) is 0 Å². The quantitative estimate of drug-likeness (QED) is 0.701. The predicted octanol–water partition coefficient (Wildman–Crippen LogP) is -0.404. The molecule has 0 radical (unpaired) electrons. The van der Waals surface area contributed by atoms with Crippen LogP contribution in [0.2, 0.25) is 0 Å². The van der Waals surface area contributed by atoms with Gasteiger partial charge in [-0.25, -0.2) is 9.59 Å². The summed E-state index contributed by atoms with van der Waals surface area (Å²) in [5, 5.41) is 17.6. The van der Waals surface area contributed by atoms with Crippen molar-refractivity contribution in [1.29, 1.82) is 0 Å². The molecule has 104 valence electrons. The highest BCUT2D eigenvalue weighted by Gasteiger charge is 2.30. The van der Waals surface area contributed by atoms with Gasteiger partial charge in [0.05, 0.1) is 13.2 Å². The molecule has 1 atom stereocenters. The standard InChI is InChI=1S/C11H20N2O5/c1-2-12(4-3-6-14)11(17)13-5-7-18-9(8-13)10(15)16/h9,14H,2-8H2,1H3,(H,15,16). The van der Waals surface area contributed by atoms with E-state index in [1.807, 2.05) is 6.92 Å². The molecule has 2 N–H and O–H groups in total. The Hall–Kier alpha value is -1.34. The van der Waals surface area contributed by atoms with Gasteiger partial charge >= 0.3 is 12.0 Å². The number of carboxylic acids is 1. The molecule has 18 heavy (non-hydrogen) atoms. The molecule has 1 rings (SSSR count). The van der Waals surface area contributed by atoms with E-state index in [-0.39, 0.29) is 25.8 Å². The normalized spacial score (nSPS) is 19.7. The van der Waals surface area contributed by atoms with Gasteiger partial charge in [-0.2, -0.15) is 0 Å². The van der Waals surface area contributed by atoms with Crippen LogP contribution in [-0.2, 0) is 9.53 Å². The van der Waals surface area contributed by atoms with Gasteiger partial charge in [0.15, 0.2) is 6.10 Å². The van der Waals surface area contributed by atoms with Gasteiger partial charge in [-0.1, -0.05) is 0 Å². The van der Waals surface area contributed by atoms with Gasteiger partial charge < -0.3 is 24.7 Å². The van der Waals surface area contributed by atoms with Gasteiger partial charge in [-0.15, -0.1) is 0 Å². The van der Waals surface area contributed by atoms with E-state index in [4.69, 9.17) is 14.9 Å². The second kappa shape index (κ2) is 7.17. The van der Waals surface area contributed by atoms with Crippen molar-refractivity contribution in [2.45, 2.75) is 19.4 Å². The van der Waals surface area contributed by atoms with Crippen LogP contribution in [0.4, 0.5) is 4.79 Å². The summed E-state index contributed by atoms with van der Waals surface area (Å²) < 4.78 is 5.06. The summed E-state index contributed by atoms with van der Waals surface area (Å²) in [6.45, 7) is 3.60. The molecule has 0 aliphatic carbocycles. The molecule has 0 spiro atoms. The second-order valence-corrected chi connectivity index (χ2v) is 4.08. The molecule has 0 aromatic rings. The number of aliphatic hydroxyl groups excluding tert-OH is 1. The Morgan fingerprint density at radius 3 is 2.78 bits per heavy atom. The summed E-state index contributed by atoms with van der Waals surface area (Å²) in [4.78, 5) is 26.0. The Labute approximate surface area is 106 Å². The van der Waals surface area contributed by atoms with Gasteiger partial charge in [0, 0.05) is 26.2 Å². The lowest BCUT2D eigenvalue weighted by atomic mass is 10.3. The largest absolute Gasteiger partial charge is 0.479 e. The van der Waals surface area contributed by atoms with Crippen molar-refractivity contribution in [3.63, 3.8) is 0 Å². The Balaban J connectivity index is 2.55. The van der Waals surface area contributed by atoms with E-state index in [0.29, 0.717) is 26.1 Å². The fraction of sp³-hybridized carbons (Fsp3) is 0.818. The van der Waals surface area contributed by atoms with E-state index in [9.17, 15) is 9.59 Å². The van der Waals surface area contributed by atoms with E-state index in [0.717, 1.165) is 0 Å². The van der Waals surface area contributed by atoms with Crippen LogP contribution in [0.15, 0.2) is 0 Å². The zero-order chi connectivity index (χ0) is 13.5. The van der Waals surface area contributed by atoms with Crippen LogP contribution in [0.3, 0.4) is 0 Å². The summed E-state index contributed by atoms with van der Waals surface area (Å²) in [6, 6.07) is -0.194. The number of amides is 2. The van der Waals surface area contributed by atoms with Gasteiger partial charge in [-0.05, 0) is 13.3 Å². The Morgan fingerprint density at radius 2 is 2.22 bits per heavy atom. The van der Waals surface area contributed by atoms with Gasteiger partial charge in [-0.3, -0.25) is 0 Å². The lowest BCUT2D eigenvalue weighted by Crippen LogP contribution is -2.53. The van der Waals surface area contributed by atoms with Crippen molar-refractivity contribution in [2.75, 3.05) is 39.4 Å². The number of carbonyl (C=O) groups excluding carboxylic acids is 1. The topological polar surface area (TPSA) is 90.3 Å². The monoisotopic (exact) mass is 260 g/mol. The summed E-state index contributed by atoms with van der Waals surface area (Å²) in [5.41, 5.74) is 0. The minimum absolute atomic E-state index is 0.0324. The van der Waals surface area contributed by atoms with Gasteiger partial charge in [0.1, 0.15) is 0 Å². The van der Waals surface area contributed by atoms with E-state index in [1.165, 1.54) is 4.90 Å². The number of hydrogen-bond acceptors (Lipinski definition) is 4. The first-order chi connectivity index (χ1) is 8.60. The fourth-order valence-electron chi connectivity index (χ4n) is 1.82. The van der Waals surface area contributed by atoms with Crippen molar-refractivity contribution in [1.82, 2.24) is 9.80 Å². The average Bonchev–Trinajstić information content (AvgIpc) is 2.39. The lowest BCUT2D eigenvalue weighted by molar-refractivity contribution is -0.154. The molecule has 1 fully saturated rings. The Kier molecular flexibility index (Phi) is 5.87. The second-order valence-electron chi connectivity index (χ2n) is 4.08. The molecule has 0 aromatic heterocycles. The highest BCUT2D eigenvalue weighted by Crippen LogP contribution is 2.09. The number of hydrogen-bond donors (Lipinski definition) is 2. The van der Waals surface area contributed by atoms with Crippen LogP contribution in [-0.4, -0.2) is 77.5 Å². The molecule has 1 aliphatic heterocycles. The molecule has 7 heteroatoms. The van der Waals surface area contributed by atoms with Crippen LogP contribution < -0.4 is 0 Å².